The van der Waals surface area contributed by atoms with Crippen LogP contribution >= 0.6 is 0 Å². The lowest BCUT2D eigenvalue weighted by Gasteiger charge is -2.38. The van der Waals surface area contributed by atoms with Gasteiger partial charge >= 0.3 is 5.97 Å². The van der Waals surface area contributed by atoms with Crippen molar-refractivity contribution in [2.45, 2.75) is 82.6 Å². The van der Waals surface area contributed by atoms with Crippen LogP contribution in [0.2, 0.25) is 0 Å². The van der Waals surface area contributed by atoms with Crippen LogP contribution in [0.3, 0.4) is 0 Å². The fraction of sp³-hybridized carbons (Fsp3) is 0.731. The number of fused-ring (bicyclic) bond motifs is 1. The normalized spacial score (nSPS) is 31.6. The Labute approximate surface area is 202 Å². The smallest absolute Gasteiger partial charge is 0.312 e. The Morgan fingerprint density at radius 1 is 1.26 bits per heavy atom. The summed E-state index contributed by atoms with van der Waals surface area (Å²) in [7, 11) is 0. The maximum absolute atomic E-state index is 13.9. The maximum atomic E-state index is 13.9. The maximum Gasteiger partial charge on any atom is 0.312 e. The molecule has 1 N–H and O–H groups in total. The van der Waals surface area contributed by atoms with Crippen molar-refractivity contribution < 1.29 is 29.0 Å². The van der Waals surface area contributed by atoms with Crippen LogP contribution in [0.5, 0.6) is 0 Å². The number of aliphatic hydroxyl groups is 1. The first-order valence-electron chi connectivity index (χ1n) is 12.5. The van der Waals surface area contributed by atoms with E-state index >= 15 is 0 Å². The van der Waals surface area contributed by atoms with Gasteiger partial charge in [0.25, 0.3) is 0 Å². The number of allylic oxidation sites excluding steroid dienone is 1. The second kappa shape index (κ2) is 10.6. The summed E-state index contributed by atoms with van der Waals surface area (Å²) < 4.78 is 12.2. The van der Waals surface area contributed by atoms with Crippen LogP contribution in [0, 0.1) is 11.8 Å². The van der Waals surface area contributed by atoms with E-state index in [-0.39, 0.29) is 31.1 Å². The molecule has 190 valence electrons. The first-order chi connectivity index (χ1) is 16.2. The molecule has 8 heteroatoms. The molecule has 1 spiro atoms. The van der Waals surface area contributed by atoms with Gasteiger partial charge in [0, 0.05) is 25.7 Å². The zero-order valence-electron chi connectivity index (χ0n) is 20.8. The molecular formula is C26H40N2O6. The average Bonchev–Trinajstić information content (AvgIpc) is 3.35. The van der Waals surface area contributed by atoms with Crippen molar-refractivity contribution in [1.82, 2.24) is 9.80 Å². The van der Waals surface area contributed by atoms with E-state index in [9.17, 15) is 19.5 Å². The highest BCUT2D eigenvalue weighted by Gasteiger charge is 2.78. The van der Waals surface area contributed by atoms with Crippen LogP contribution in [-0.2, 0) is 23.9 Å². The van der Waals surface area contributed by atoms with Crippen LogP contribution in [-0.4, -0.2) is 82.3 Å². The molecule has 3 aliphatic heterocycles. The van der Waals surface area contributed by atoms with Gasteiger partial charge in [-0.2, -0.15) is 0 Å². The van der Waals surface area contributed by atoms with Gasteiger partial charge in [0.2, 0.25) is 11.8 Å². The number of nitrogens with zero attached hydrogens (tertiary/aromatic N) is 2. The van der Waals surface area contributed by atoms with E-state index in [4.69, 9.17) is 9.47 Å². The van der Waals surface area contributed by atoms with Gasteiger partial charge in [-0.3, -0.25) is 14.4 Å². The number of esters is 1. The molecule has 8 nitrogen and oxygen atoms in total. The lowest BCUT2D eigenvalue weighted by molar-refractivity contribution is -0.160. The van der Waals surface area contributed by atoms with Crippen molar-refractivity contribution in [3.8, 4) is 0 Å². The van der Waals surface area contributed by atoms with Gasteiger partial charge in [0.1, 0.15) is 17.6 Å². The molecule has 2 unspecified atom stereocenters. The van der Waals surface area contributed by atoms with Gasteiger partial charge in [0.05, 0.1) is 18.1 Å². The molecule has 0 aromatic carbocycles. The van der Waals surface area contributed by atoms with Crippen LogP contribution in [0.25, 0.3) is 0 Å². The highest BCUT2D eigenvalue weighted by atomic mass is 16.6. The van der Waals surface area contributed by atoms with Crippen LogP contribution < -0.4 is 0 Å². The summed E-state index contributed by atoms with van der Waals surface area (Å²) in [6.45, 7) is 14.2. The van der Waals surface area contributed by atoms with Gasteiger partial charge in [-0.1, -0.05) is 12.2 Å². The van der Waals surface area contributed by atoms with Gasteiger partial charge in [-0.05, 0) is 59.3 Å². The lowest BCUT2D eigenvalue weighted by Crippen LogP contribution is -2.57. The van der Waals surface area contributed by atoms with Gasteiger partial charge in [0.15, 0.2) is 0 Å². The Morgan fingerprint density at radius 2 is 2.00 bits per heavy atom. The van der Waals surface area contributed by atoms with E-state index < -0.39 is 35.0 Å². The SMILES string of the molecule is C=CCCCOC(=O)[C@H]1[C@H]2C(=O)N(CCCCO)C(C(=O)N(CC=C)C(C)C)C23CC[C@]1(C)O3. The highest BCUT2D eigenvalue weighted by Crippen LogP contribution is 2.63. The summed E-state index contributed by atoms with van der Waals surface area (Å²) in [6.07, 6.45) is 7.06. The van der Waals surface area contributed by atoms with Crippen molar-refractivity contribution in [1.29, 1.82) is 0 Å². The van der Waals surface area contributed by atoms with Crippen molar-refractivity contribution in [2.75, 3.05) is 26.3 Å². The predicted octanol–water partition coefficient (Wildman–Crippen LogP) is 2.46. The van der Waals surface area contributed by atoms with Crippen molar-refractivity contribution >= 4 is 17.8 Å². The summed E-state index contributed by atoms with van der Waals surface area (Å²) in [4.78, 5) is 44.3. The van der Waals surface area contributed by atoms with E-state index in [0.717, 1.165) is 6.42 Å². The molecule has 5 atom stereocenters. The van der Waals surface area contributed by atoms with E-state index in [1.54, 1.807) is 22.0 Å². The summed E-state index contributed by atoms with van der Waals surface area (Å²) >= 11 is 0. The van der Waals surface area contributed by atoms with Gasteiger partial charge < -0.3 is 24.4 Å². The van der Waals surface area contributed by atoms with Crippen LogP contribution in [0.15, 0.2) is 25.3 Å². The molecule has 3 saturated heterocycles. The highest BCUT2D eigenvalue weighted by molar-refractivity contribution is 5.98. The fourth-order valence-electron chi connectivity index (χ4n) is 6.04. The zero-order chi connectivity index (χ0) is 25.1. The van der Waals surface area contributed by atoms with Crippen molar-refractivity contribution in [2.24, 2.45) is 11.8 Å². The van der Waals surface area contributed by atoms with Gasteiger partial charge in [-0.15, -0.1) is 13.2 Å². The minimum atomic E-state index is -1.05. The van der Waals surface area contributed by atoms with E-state index in [0.29, 0.717) is 45.2 Å². The number of rotatable bonds is 13. The minimum absolute atomic E-state index is 0.0119. The third-order valence-corrected chi connectivity index (χ3v) is 7.60. The molecule has 3 heterocycles. The minimum Gasteiger partial charge on any atom is -0.465 e. The standard InChI is InChI=1S/C26H40N2O6/c1-6-8-11-17-33-24(32)20-19-22(30)28(15-9-10-16-29)21(23(31)27(14-7-2)18(3)4)26(19)13-12-25(20,5)34-26/h6-7,18-21,29H,1-2,8-17H2,3-5H3/t19-,20+,21?,25-,26?/m0/s1. The quantitative estimate of drug-likeness (QED) is 0.249. The van der Waals surface area contributed by atoms with E-state index in [1.165, 1.54) is 0 Å². The molecule has 2 bridgehead atoms. The molecule has 34 heavy (non-hydrogen) atoms. The monoisotopic (exact) mass is 476 g/mol. The number of likely N-dealkylation sites (tertiary alicyclic amines) is 1. The summed E-state index contributed by atoms with van der Waals surface area (Å²) in [5.74, 6) is -2.34. The number of amides is 2. The largest absolute Gasteiger partial charge is 0.465 e. The predicted molar refractivity (Wildman–Crippen MR) is 128 cm³/mol. The third-order valence-electron chi connectivity index (χ3n) is 7.60. The molecule has 0 saturated carbocycles. The molecule has 0 aliphatic carbocycles. The Kier molecular flexibility index (Phi) is 8.24. The van der Waals surface area contributed by atoms with Gasteiger partial charge in [-0.25, -0.2) is 0 Å². The first-order valence-corrected chi connectivity index (χ1v) is 12.5. The molecule has 3 fully saturated rings. The van der Waals surface area contributed by atoms with Crippen LogP contribution in [0.1, 0.15) is 59.3 Å². The molecule has 0 aromatic rings. The number of aliphatic hydroxyl groups excluding tert-OH is 1. The molecule has 3 aliphatic rings. The Morgan fingerprint density at radius 3 is 2.62 bits per heavy atom. The number of hydrogen-bond donors (Lipinski definition) is 1. The lowest BCUT2D eigenvalue weighted by atomic mass is 9.66. The fourth-order valence-corrected chi connectivity index (χ4v) is 6.04. The molecular weight excluding hydrogens is 436 g/mol. The molecule has 3 rings (SSSR count). The Hall–Kier alpha value is -2.19. The number of carbonyl (C=O) groups excluding carboxylic acids is 3. The summed E-state index contributed by atoms with van der Waals surface area (Å²) in [5, 5.41) is 9.26. The van der Waals surface area contributed by atoms with Crippen molar-refractivity contribution in [3.05, 3.63) is 25.3 Å². The molecule has 2 amide bonds. The van der Waals surface area contributed by atoms with Crippen molar-refractivity contribution in [3.63, 3.8) is 0 Å². The molecule has 0 radical (unpaired) electrons. The zero-order valence-corrected chi connectivity index (χ0v) is 20.8. The summed E-state index contributed by atoms with van der Waals surface area (Å²) in [5.41, 5.74) is -1.89. The second-order valence-electron chi connectivity index (χ2n) is 10.2. The topological polar surface area (TPSA) is 96.4 Å². The van der Waals surface area contributed by atoms with Crippen LogP contribution in [0.4, 0.5) is 0 Å². The number of carbonyl (C=O) groups is 3. The average molecular weight is 477 g/mol. The number of ether oxygens (including phenoxy) is 2. The summed E-state index contributed by atoms with van der Waals surface area (Å²) in [6, 6.07) is -0.901. The Balaban J connectivity index is 1.97. The number of unbranched alkanes of at least 4 members (excludes halogenated alkanes) is 2. The van der Waals surface area contributed by atoms with E-state index in [2.05, 4.69) is 13.2 Å². The second-order valence-corrected chi connectivity index (χ2v) is 10.2. The third kappa shape index (κ3) is 4.42. The Bertz CT molecular complexity index is 813. The van der Waals surface area contributed by atoms with E-state index in [1.807, 2.05) is 20.8 Å². The molecule has 0 aromatic heterocycles. The first kappa shape index (κ1) is 26.4. The number of hydrogen-bond acceptors (Lipinski definition) is 6.